The van der Waals surface area contributed by atoms with Crippen LogP contribution in [0, 0.1) is 5.92 Å². The maximum absolute atomic E-state index is 12.3. The molecule has 0 aromatic carbocycles. The molecule has 1 amide bonds. The molecule has 5 rings (SSSR count). The Bertz CT molecular complexity index is 900. The third kappa shape index (κ3) is 2.94. The Hall–Kier alpha value is -2.48. The third-order valence-corrected chi connectivity index (χ3v) is 5.98. The van der Waals surface area contributed by atoms with Crippen LogP contribution in [-0.2, 0) is 4.79 Å². The van der Waals surface area contributed by atoms with E-state index in [9.17, 15) is 4.79 Å². The number of aromatic nitrogens is 4. The van der Waals surface area contributed by atoms with E-state index >= 15 is 0 Å². The maximum Gasteiger partial charge on any atom is 0.225 e. The Morgan fingerprint density at radius 1 is 1.19 bits per heavy atom. The van der Waals surface area contributed by atoms with Crippen molar-refractivity contribution in [2.45, 2.75) is 19.3 Å². The molecular weight excluding hydrogens is 348 g/mol. The molecule has 1 saturated carbocycles. The van der Waals surface area contributed by atoms with Gasteiger partial charge in [-0.25, -0.2) is 9.50 Å². The fourth-order valence-electron chi connectivity index (χ4n) is 3.39. The topological polar surface area (TPSA) is 66.6 Å². The van der Waals surface area contributed by atoms with E-state index in [1.807, 2.05) is 33.9 Å². The SMILES string of the molecule is O=C(C1CC1)N1CCCN(c2nn3cc(-c4cccnc4)nc3s2)CC1. The van der Waals surface area contributed by atoms with Crippen LogP contribution in [0.25, 0.3) is 16.2 Å². The summed E-state index contributed by atoms with van der Waals surface area (Å²) < 4.78 is 1.85. The number of nitrogens with zero attached hydrogens (tertiary/aromatic N) is 6. The van der Waals surface area contributed by atoms with Crippen molar-refractivity contribution >= 4 is 27.3 Å². The minimum Gasteiger partial charge on any atom is -0.345 e. The van der Waals surface area contributed by atoms with E-state index < -0.39 is 0 Å². The molecule has 3 aromatic heterocycles. The quantitative estimate of drug-likeness (QED) is 0.710. The average Bonchev–Trinajstić information content (AvgIpc) is 3.39. The first-order chi connectivity index (χ1) is 12.8. The fraction of sp³-hybridized carbons (Fsp3) is 0.444. The van der Waals surface area contributed by atoms with Crippen LogP contribution < -0.4 is 4.90 Å². The number of carbonyl (C=O) groups is 1. The lowest BCUT2D eigenvalue weighted by molar-refractivity contribution is -0.132. The minimum atomic E-state index is 0.301. The van der Waals surface area contributed by atoms with Gasteiger partial charge in [0.2, 0.25) is 16.0 Å². The highest BCUT2D eigenvalue weighted by Gasteiger charge is 2.34. The minimum absolute atomic E-state index is 0.301. The van der Waals surface area contributed by atoms with E-state index in [2.05, 4.69) is 14.9 Å². The number of pyridine rings is 1. The lowest BCUT2D eigenvalue weighted by Gasteiger charge is -2.21. The van der Waals surface area contributed by atoms with Crippen molar-refractivity contribution in [3.8, 4) is 11.3 Å². The van der Waals surface area contributed by atoms with E-state index in [4.69, 9.17) is 5.10 Å². The molecule has 0 bridgehead atoms. The second-order valence-electron chi connectivity index (χ2n) is 6.92. The average molecular weight is 368 g/mol. The summed E-state index contributed by atoms with van der Waals surface area (Å²) in [6, 6.07) is 3.91. The molecular formula is C18H20N6OS. The van der Waals surface area contributed by atoms with Crippen molar-refractivity contribution in [1.82, 2.24) is 24.5 Å². The van der Waals surface area contributed by atoms with Crippen molar-refractivity contribution in [1.29, 1.82) is 0 Å². The predicted octanol–water partition coefficient (Wildman–Crippen LogP) is 2.30. The normalized spacial score (nSPS) is 18.3. The van der Waals surface area contributed by atoms with Gasteiger partial charge in [-0.15, -0.1) is 5.10 Å². The lowest BCUT2D eigenvalue weighted by atomic mass is 10.2. The van der Waals surface area contributed by atoms with Crippen LogP contribution >= 0.6 is 11.3 Å². The van der Waals surface area contributed by atoms with Crippen molar-refractivity contribution in [3.63, 3.8) is 0 Å². The standard InChI is InChI=1S/C18H20N6OS/c25-16(13-4-5-13)22-7-2-8-23(10-9-22)18-21-24-12-15(20-17(24)26-18)14-3-1-6-19-11-14/h1,3,6,11-13H,2,4-5,7-10H2. The van der Waals surface area contributed by atoms with Gasteiger partial charge in [-0.05, 0) is 31.4 Å². The molecule has 7 nitrogen and oxygen atoms in total. The second kappa shape index (κ2) is 6.35. The first kappa shape index (κ1) is 15.7. The van der Waals surface area contributed by atoms with Crippen LogP contribution in [-0.4, -0.2) is 56.6 Å². The summed E-state index contributed by atoms with van der Waals surface area (Å²) in [4.78, 5) is 26.3. The summed E-state index contributed by atoms with van der Waals surface area (Å²) in [5.74, 6) is 0.650. The Kier molecular flexibility index (Phi) is 3.85. The Morgan fingerprint density at radius 3 is 2.88 bits per heavy atom. The number of rotatable bonds is 3. The summed E-state index contributed by atoms with van der Waals surface area (Å²) >= 11 is 1.60. The van der Waals surface area contributed by atoms with Crippen LogP contribution in [0.15, 0.2) is 30.7 Å². The van der Waals surface area contributed by atoms with Gasteiger partial charge in [-0.1, -0.05) is 11.3 Å². The van der Waals surface area contributed by atoms with E-state index in [1.54, 1.807) is 17.5 Å². The van der Waals surface area contributed by atoms with Gasteiger partial charge in [0.15, 0.2) is 0 Å². The van der Waals surface area contributed by atoms with Gasteiger partial charge in [0.25, 0.3) is 0 Å². The monoisotopic (exact) mass is 368 g/mol. The Labute approximate surface area is 155 Å². The van der Waals surface area contributed by atoms with E-state index in [1.165, 1.54) is 0 Å². The van der Waals surface area contributed by atoms with Gasteiger partial charge < -0.3 is 9.80 Å². The number of hydrogen-bond donors (Lipinski definition) is 0. The Morgan fingerprint density at radius 2 is 2.12 bits per heavy atom. The van der Waals surface area contributed by atoms with Gasteiger partial charge in [0.1, 0.15) is 0 Å². The summed E-state index contributed by atoms with van der Waals surface area (Å²) in [5, 5.41) is 5.69. The van der Waals surface area contributed by atoms with Gasteiger partial charge in [-0.2, -0.15) is 0 Å². The molecule has 0 spiro atoms. The first-order valence-electron chi connectivity index (χ1n) is 9.08. The summed E-state index contributed by atoms with van der Waals surface area (Å²) in [6.07, 6.45) is 8.65. The Balaban J connectivity index is 1.33. The molecule has 1 saturated heterocycles. The molecule has 8 heteroatoms. The van der Waals surface area contributed by atoms with Crippen LogP contribution in [0.4, 0.5) is 5.13 Å². The predicted molar refractivity (Wildman–Crippen MR) is 100 cm³/mol. The summed E-state index contributed by atoms with van der Waals surface area (Å²) in [6.45, 7) is 3.42. The van der Waals surface area contributed by atoms with Crippen LogP contribution in [0.2, 0.25) is 0 Å². The molecule has 3 aromatic rings. The highest BCUT2D eigenvalue weighted by atomic mass is 32.1. The summed E-state index contributed by atoms with van der Waals surface area (Å²) in [5.41, 5.74) is 1.89. The van der Waals surface area contributed by atoms with E-state index in [0.717, 1.165) is 66.8 Å². The van der Waals surface area contributed by atoms with E-state index in [0.29, 0.717) is 11.8 Å². The van der Waals surface area contributed by atoms with Crippen molar-refractivity contribution < 1.29 is 4.79 Å². The van der Waals surface area contributed by atoms with Crippen LogP contribution in [0.1, 0.15) is 19.3 Å². The number of amides is 1. The molecule has 1 aliphatic heterocycles. The largest absolute Gasteiger partial charge is 0.345 e. The molecule has 2 fully saturated rings. The van der Waals surface area contributed by atoms with Gasteiger partial charge in [-0.3, -0.25) is 9.78 Å². The molecule has 0 atom stereocenters. The molecule has 4 heterocycles. The molecule has 0 N–H and O–H groups in total. The number of hydrogen-bond acceptors (Lipinski definition) is 6. The van der Waals surface area contributed by atoms with Gasteiger partial charge in [0.05, 0.1) is 11.9 Å². The molecule has 2 aliphatic rings. The lowest BCUT2D eigenvalue weighted by Crippen LogP contribution is -2.36. The highest BCUT2D eigenvalue weighted by Crippen LogP contribution is 2.32. The molecule has 26 heavy (non-hydrogen) atoms. The second-order valence-corrected chi connectivity index (χ2v) is 7.85. The van der Waals surface area contributed by atoms with E-state index in [-0.39, 0.29) is 0 Å². The zero-order chi connectivity index (χ0) is 17.5. The smallest absolute Gasteiger partial charge is 0.225 e. The van der Waals surface area contributed by atoms with Gasteiger partial charge >= 0.3 is 0 Å². The molecule has 0 unspecified atom stereocenters. The van der Waals surface area contributed by atoms with Crippen molar-refractivity contribution in [2.75, 3.05) is 31.1 Å². The number of imidazole rings is 1. The molecule has 134 valence electrons. The van der Waals surface area contributed by atoms with Crippen LogP contribution in [0.3, 0.4) is 0 Å². The van der Waals surface area contributed by atoms with Crippen molar-refractivity contribution in [3.05, 3.63) is 30.7 Å². The fourth-order valence-corrected chi connectivity index (χ4v) is 4.32. The maximum atomic E-state index is 12.3. The first-order valence-corrected chi connectivity index (χ1v) is 9.90. The molecule has 1 aliphatic carbocycles. The number of carbonyl (C=O) groups excluding carboxylic acids is 1. The third-order valence-electron chi connectivity index (χ3n) is 4.99. The number of anilines is 1. The molecule has 0 radical (unpaired) electrons. The van der Waals surface area contributed by atoms with Crippen molar-refractivity contribution in [2.24, 2.45) is 5.92 Å². The summed E-state index contributed by atoms with van der Waals surface area (Å²) in [7, 11) is 0. The van der Waals surface area contributed by atoms with Crippen LogP contribution in [0.5, 0.6) is 0 Å². The zero-order valence-electron chi connectivity index (χ0n) is 14.4. The number of fused-ring (bicyclic) bond motifs is 1. The zero-order valence-corrected chi connectivity index (χ0v) is 15.2. The van der Waals surface area contributed by atoms with Gasteiger partial charge in [0, 0.05) is 50.1 Å². The highest BCUT2D eigenvalue weighted by molar-refractivity contribution is 7.20.